The molecule has 202 valence electrons. The number of hydrogen-bond acceptors (Lipinski definition) is 8. The first-order chi connectivity index (χ1) is 18.0. The Kier molecular flexibility index (Phi) is 12.3. The predicted molar refractivity (Wildman–Crippen MR) is 140 cm³/mol. The Morgan fingerprint density at radius 1 is 0.892 bits per heavy atom. The van der Waals surface area contributed by atoms with Gasteiger partial charge in [-0.05, 0) is 29.5 Å². The molecule has 1 fully saturated rings. The molecule has 1 saturated heterocycles. The van der Waals surface area contributed by atoms with Gasteiger partial charge in [0.2, 0.25) is 11.8 Å². The Hall–Kier alpha value is -2.47. The molecular formula is C27H36N2O7S. The van der Waals surface area contributed by atoms with Crippen LogP contribution in [-0.2, 0) is 32.2 Å². The summed E-state index contributed by atoms with van der Waals surface area (Å²) in [5, 5.41) is 29.8. The SMILES string of the molecule is O=C(CCCCC(=O)NCc1ccc([C@H]2O[C@@H](CSCCO)C[C@@H](c3ccc(CO)cc3)O2)cc1)NO. The maximum Gasteiger partial charge on any atom is 0.243 e. The first-order valence-corrected chi connectivity index (χ1v) is 13.7. The smallest absolute Gasteiger partial charge is 0.243 e. The maximum absolute atomic E-state index is 12.1. The summed E-state index contributed by atoms with van der Waals surface area (Å²) in [4.78, 5) is 23.1. The van der Waals surface area contributed by atoms with Gasteiger partial charge in [-0.15, -0.1) is 0 Å². The molecule has 1 aliphatic rings. The second-order valence-electron chi connectivity index (χ2n) is 8.91. The van der Waals surface area contributed by atoms with Crippen LogP contribution in [0.3, 0.4) is 0 Å². The Balaban J connectivity index is 1.56. The molecule has 0 bridgehead atoms. The summed E-state index contributed by atoms with van der Waals surface area (Å²) in [6.45, 7) is 0.513. The molecule has 2 aromatic rings. The van der Waals surface area contributed by atoms with Gasteiger partial charge in [0.1, 0.15) is 0 Å². The summed E-state index contributed by atoms with van der Waals surface area (Å²) in [6, 6.07) is 15.5. The molecule has 0 aromatic heterocycles. The van der Waals surface area contributed by atoms with E-state index in [4.69, 9.17) is 19.8 Å². The molecular weight excluding hydrogens is 496 g/mol. The van der Waals surface area contributed by atoms with Crippen molar-refractivity contribution in [3.63, 3.8) is 0 Å². The van der Waals surface area contributed by atoms with Crippen LogP contribution in [0.15, 0.2) is 48.5 Å². The molecule has 3 rings (SSSR count). The quantitative estimate of drug-likeness (QED) is 0.142. The van der Waals surface area contributed by atoms with Gasteiger partial charge in [0.25, 0.3) is 0 Å². The average molecular weight is 533 g/mol. The molecule has 2 aromatic carbocycles. The Morgan fingerprint density at radius 2 is 1.54 bits per heavy atom. The van der Waals surface area contributed by atoms with Gasteiger partial charge in [-0.1, -0.05) is 48.5 Å². The van der Waals surface area contributed by atoms with E-state index in [-0.39, 0.29) is 37.7 Å². The van der Waals surface area contributed by atoms with Crippen LogP contribution in [-0.4, -0.2) is 51.5 Å². The zero-order valence-electron chi connectivity index (χ0n) is 20.8. The van der Waals surface area contributed by atoms with Crippen molar-refractivity contribution in [2.45, 2.75) is 63.8 Å². The zero-order valence-corrected chi connectivity index (χ0v) is 21.6. The largest absolute Gasteiger partial charge is 0.396 e. The minimum absolute atomic E-state index is 0.00583. The van der Waals surface area contributed by atoms with E-state index in [1.807, 2.05) is 48.5 Å². The number of ether oxygens (including phenoxy) is 2. The van der Waals surface area contributed by atoms with Crippen molar-refractivity contribution in [1.29, 1.82) is 0 Å². The third kappa shape index (κ3) is 9.73. The highest BCUT2D eigenvalue weighted by Gasteiger charge is 2.32. The first-order valence-electron chi connectivity index (χ1n) is 12.5. The second kappa shape index (κ2) is 15.7. The lowest BCUT2D eigenvalue weighted by molar-refractivity contribution is -0.245. The van der Waals surface area contributed by atoms with Crippen molar-refractivity contribution in [2.75, 3.05) is 18.1 Å². The molecule has 10 heteroatoms. The second-order valence-corrected chi connectivity index (χ2v) is 10.1. The highest BCUT2D eigenvalue weighted by molar-refractivity contribution is 7.99. The molecule has 0 spiro atoms. The van der Waals surface area contributed by atoms with Crippen molar-refractivity contribution in [2.24, 2.45) is 0 Å². The Bertz CT molecular complexity index is 972. The minimum atomic E-state index is -0.546. The fourth-order valence-corrected chi connectivity index (χ4v) is 4.78. The van der Waals surface area contributed by atoms with Crippen molar-refractivity contribution in [3.8, 4) is 0 Å². The Morgan fingerprint density at radius 3 is 2.19 bits per heavy atom. The summed E-state index contributed by atoms with van der Waals surface area (Å²) >= 11 is 1.65. The number of benzene rings is 2. The van der Waals surface area contributed by atoms with Crippen molar-refractivity contribution in [3.05, 3.63) is 70.8 Å². The van der Waals surface area contributed by atoms with Crippen molar-refractivity contribution >= 4 is 23.6 Å². The zero-order chi connectivity index (χ0) is 26.5. The number of aliphatic hydroxyl groups excluding tert-OH is 2. The molecule has 5 N–H and O–H groups in total. The summed E-state index contributed by atoms with van der Waals surface area (Å²) < 4.78 is 12.6. The summed E-state index contributed by atoms with van der Waals surface area (Å²) in [5.74, 6) is 0.860. The number of aliphatic hydroxyl groups is 2. The summed E-state index contributed by atoms with van der Waals surface area (Å²) in [5.41, 5.74) is 5.28. The highest BCUT2D eigenvalue weighted by atomic mass is 32.2. The van der Waals surface area contributed by atoms with E-state index in [9.17, 15) is 14.7 Å². The van der Waals surface area contributed by atoms with Crippen LogP contribution in [0, 0.1) is 0 Å². The maximum atomic E-state index is 12.1. The molecule has 0 unspecified atom stereocenters. The normalized spacial score (nSPS) is 19.4. The van der Waals surface area contributed by atoms with Crippen molar-refractivity contribution in [1.82, 2.24) is 10.8 Å². The fraction of sp³-hybridized carbons (Fsp3) is 0.481. The van der Waals surface area contributed by atoms with Gasteiger partial charge in [-0.2, -0.15) is 11.8 Å². The van der Waals surface area contributed by atoms with Crippen LogP contribution >= 0.6 is 11.8 Å². The Labute approximate surface area is 221 Å². The lowest BCUT2D eigenvalue weighted by atomic mass is 10.0. The van der Waals surface area contributed by atoms with Crippen LogP contribution in [0.4, 0.5) is 0 Å². The van der Waals surface area contributed by atoms with Gasteiger partial charge >= 0.3 is 0 Å². The van der Waals surface area contributed by atoms with E-state index >= 15 is 0 Å². The number of carbonyl (C=O) groups excluding carboxylic acids is 2. The molecule has 0 saturated carbocycles. The highest BCUT2D eigenvalue weighted by Crippen LogP contribution is 2.38. The molecule has 1 heterocycles. The standard InChI is InChI=1S/C27H36N2O7S/c30-13-14-37-18-23-15-24(21-9-7-20(17-31)8-10-21)36-27(35-23)22-11-5-19(6-12-22)16-28-25(32)3-1-2-4-26(33)29-34/h5-12,23-24,27,30-31,34H,1-4,13-18H2,(H,28,32)(H,29,33)/t23-,24+,27+/m1/s1. The molecule has 2 amide bonds. The monoisotopic (exact) mass is 532 g/mol. The van der Waals surface area contributed by atoms with E-state index in [1.165, 1.54) is 0 Å². The molecule has 37 heavy (non-hydrogen) atoms. The number of unbranched alkanes of at least 4 members (excludes halogenated alkanes) is 1. The molecule has 3 atom stereocenters. The number of amides is 2. The summed E-state index contributed by atoms with van der Waals surface area (Å²) in [6.07, 6.45) is 1.55. The van der Waals surface area contributed by atoms with Gasteiger partial charge in [-0.3, -0.25) is 14.8 Å². The average Bonchev–Trinajstić information content (AvgIpc) is 2.94. The fourth-order valence-electron chi connectivity index (χ4n) is 4.01. The van der Waals surface area contributed by atoms with Crippen LogP contribution in [0.2, 0.25) is 0 Å². The van der Waals surface area contributed by atoms with Gasteiger partial charge in [-0.25, -0.2) is 5.48 Å². The van der Waals surface area contributed by atoms with E-state index in [0.29, 0.717) is 38.0 Å². The predicted octanol–water partition coefficient (Wildman–Crippen LogP) is 3.13. The van der Waals surface area contributed by atoms with Gasteiger partial charge < -0.3 is 25.0 Å². The number of rotatable bonds is 14. The molecule has 9 nitrogen and oxygen atoms in total. The number of hydrogen-bond donors (Lipinski definition) is 5. The lowest BCUT2D eigenvalue weighted by Crippen LogP contribution is -2.31. The number of carbonyl (C=O) groups is 2. The van der Waals surface area contributed by atoms with Crippen LogP contribution in [0.25, 0.3) is 0 Å². The topological polar surface area (TPSA) is 137 Å². The third-order valence-corrected chi connectivity index (χ3v) is 7.16. The van der Waals surface area contributed by atoms with Crippen molar-refractivity contribution < 1.29 is 34.5 Å². The molecule has 1 aliphatic heterocycles. The van der Waals surface area contributed by atoms with Crippen LogP contribution in [0.1, 0.15) is 66.8 Å². The van der Waals surface area contributed by atoms with Gasteiger partial charge in [0.15, 0.2) is 6.29 Å². The van der Waals surface area contributed by atoms with E-state index < -0.39 is 12.2 Å². The minimum Gasteiger partial charge on any atom is -0.396 e. The summed E-state index contributed by atoms with van der Waals surface area (Å²) in [7, 11) is 0. The number of hydroxylamine groups is 1. The lowest BCUT2D eigenvalue weighted by Gasteiger charge is -2.36. The first kappa shape index (κ1) is 29.1. The number of thioether (sulfide) groups is 1. The van der Waals surface area contributed by atoms with E-state index in [0.717, 1.165) is 28.0 Å². The molecule has 0 radical (unpaired) electrons. The van der Waals surface area contributed by atoms with Crippen LogP contribution < -0.4 is 10.8 Å². The van der Waals surface area contributed by atoms with Gasteiger partial charge in [0.05, 0.1) is 25.4 Å². The van der Waals surface area contributed by atoms with Crippen LogP contribution in [0.5, 0.6) is 0 Å². The molecule has 0 aliphatic carbocycles. The number of nitrogens with one attached hydrogen (secondary N) is 2. The third-order valence-electron chi connectivity index (χ3n) is 6.08. The van der Waals surface area contributed by atoms with E-state index in [2.05, 4.69) is 5.32 Å². The van der Waals surface area contributed by atoms with Gasteiger partial charge in [0, 0.05) is 42.9 Å². The van der Waals surface area contributed by atoms with E-state index in [1.54, 1.807) is 17.2 Å².